The molecule has 0 saturated heterocycles. The van der Waals surface area contributed by atoms with Gasteiger partial charge in [-0.15, -0.1) is 11.3 Å². The highest BCUT2D eigenvalue weighted by molar-refractivity contribution is 7.13. The average molecular weight is 457 g/mol. The SMILES string of the molecule is CCCCN(CCCC)CCCOc1ccccc1-c1csc(-c2ccc(Cl)cc2)n1. The number of para-hydroxylation sites is 1. The number of hydrogen-bond donors (Lipinski definition) is 0. The van der Waals surface area contributed by atoms with Crippen molar-refractivity contribution in [1.29, 1.82) is 0 Å². The predicted molar refractivity (Wildman–Crippen MR) is 134 cm³/mol. The van der Waals surface area contributed by atoms with Gasteiger partial charge in [-0.05, 0) is 56.6 Å². The Morgan fingerprint density at radius 1 is 0.903 bits per heavy atom. The lowest BCUT2D eigenvalue weighted by atomic mass is 10.1. The number of nitrogens with zero attached hydrogens (tertiary/aromatic N) is 2. The molecule has 0 amide bonds. The van der Waals surface area contributed by atoms with Gasteiger partial charge in [0.1, 0.15) is 10.8 Å². The van der Waals surface area contributed by atoms with Crippen molar-refractivity contribution in [3.05, 3.63) is 58.9 Å². The van der Waals surface area contributed by atoms with E-state index >= 15 is 0 Å². The van der Waals surface area contributed by atoms with Gasteiger partial charge in [-0.1, -0.05) is 62.6 Å². The summed E-state index contributed by atoms with van der Waals surface area (Å²) in [6.07, 6.45) is 6.07. The van der Waals surface area contributed by atoms with Gasteiger partial charge in [-0.3, -0.25) is 0 Å². The molecule has 0 saturated carbocycles. The number of thiazole rings is 1. The molecule has 0 aliphatic heterocycles. The highest BCUT2D eigenvalue weighted by atomic mass is 35.5. The van der Waals surface area contributed by atoms with E-state index in [0.717, 1.165) is 52.2 Å². The zero-order valence-corrected chi connectivity index (χ0v) is 20.2. The van der Waals surface area contributed by atoms with Crippen molar-refractivity contribution < 1.29 is 4.74 Å². The van der Waals surface area contributed by atoms with Crippen LogP contribution in [0.25, 0.3) is 21.8 Å². The lowest BCUT2D eigenvalue weighted by Gasteiger charge is -2.22. The molecule has 166 valence electrons. The first-order valence-electron chi connectivity index (χ1n) is 11.4. The second-order valence-corrected chi connectivity index (χ2v) is 9.09. The molecular formula is C26H33ClN2OS. The highest BCUT2D eigenvalue weighted by Gasteiger charge is 2.12. The van der Waals surface area contributed by atoms with Crippen molar-refractivity contribution in [3.8, 4) is 27.6 Å². The fourth-order valence-electron chi connectivity index (χ4n) is 3.50. The zero-order valence-electron chi connectivity index (χ0n) is 18.6. The standard InChI is InChI=1S/C26H33ClN2OS/c1-3-5-16-29(17-6-4-2)18-9-19-30-25-11-8-7-10-23(25)24-20-31-26(28-24)21-12-14-22(27)15-13-21/h7-8,10-15,20H,3-6,9,16-19H2,1-2H3. The molecule has 0 N–H and O–H groups in total. The Morgan fingerprint density at radius 3 is 2.29 bits per heavy atom. The summed E-state index contributed by atoms with van der Waals surface area (Å²) < 4.78 is 6.20. The maximum Gasteiger partial charge on any atom is 0.128 e. The van der Waals surface area contributed by atoms with E-state index in [1.807, 2.05) is 42.5 Å². The molecule has 1 heterocycles. The minimum atomic E-state index is 0.722. The maximum atomic E-state index is 6.20. The fourth-order valence-corrected chi connectivity index (χ4v) is 4.45. The molecular weight excluding hydrogens is 424 g/mol. The zero-order chi connectivity index (χ0) is 21.9. The predicted octanol–water partition coefficient (Wildman–Crippen LogP) is 7.80. The van der Waals surface area contributed by atoms with Gasteiger partial charge in [-0.25, -0.2) is 4.98 Å². The van der Waals surface area contributed by atoms with Crippen LogP contribution >= 0.6 is 22.9 Å². The molecule has 0 unspecified atom stereocenters. The molecule has 0 bridgehead atoms. The van der Waals surface area contributed by atoms with Crippen molar-refractivity contribution in [2.75, 3.05) is 26.2 Å². The van der Waals surface area contributed by atoms with Crippen LogP contribution in [0.2, 0.25) is 5.02 Å². The Morgan fingerprint density at radius 2 is 1.58 bits per heavy atom. The summed E-state index contributed by atoms with van der Waals surface area (Å²) in [5, 5.41) is 3.83. The summed E-state index contributed by atoms with van der Waals surface area (Å²) in [7, 11) is 0. The molecule has 3 nitrogen and oxygen atoms in total. The van der Waals surface area contributed by atoms with Gasteiger partial charge in [0, 0.05) is 28.1 Å². The molecule has 1 aromatic heterocycles. The third-order valence-electron chi connectivity index (χ3n) is 5.29. The maximum absolute atomic E-state index is 6.20. The molecule has 3 rings (SSSR count). The molecule has 0 aliphatic carbocycles. The van der Waals surface area contributed by atoms with Gasteiger partial charge in [0.2, 0.25) is 0 Å². The van der Waals surface area contributed by atoms with Crippen LogP contribution in [0.4, 0.5) is 0 Å². The summed E-state index contributed by atoms with van der Waals surface area (Å²) >= 11 is 7.66. The highest BCUT2D eigenvalue weighted by Crippen LogP contribution is 2.34. The monoisotopic (exact) mass is 456 g/mol. The van der Waals surface area contributed by atoms with Crippen molar-refractivity contribution >= 4 is 22.9 Å². The van der Waals surface area contributed by atoms with E-state index in [2.05, 4.69) is 30.2 Å². The van der Waals surface area contributed by atoms with Gasteiger partial charge in [0.15, 0.2) is 0 Å². The normalized spacial score (nSPS) is 11.2. The van der Waals surface area contributed by atoms with E-state index in [0.29, 0.717) is 0 Å². The van der Waals surface area contributed by atoms with Crippen molar-refractivity contribution in [3.63, 3.8) is 0 Å². The summed E-state index contributed by atoms with van der Waals surface area (Å²) in [5.74, 6) is 0.907. The summed E-state index contributed by atoms with van der Waals surface area (Å²) in [6.45, 7) is 8.72. The molecule has 0 aliphatic rings. The lowest BCUT2D eigenvalue weighted by Crippen LogP contribution is -2.28. The Hall–Kier alpha value is -1.88. The third kappa shape index (κ3) is 7.34. The van der Waals surface area contributed by atoms with Crippen LogP contribution in [0.3, 0.4) is 0 Å². The smallest absolute Gasteiger partial charge is 0.128 e. The van der Waals surface area contributed by atoms with Gasteiger partial charge in [0.05, 0.1) is 12.3 Å². The van der Waals surface area contributed by atoms with E-state index in [-0.39, 0.29) is 0 Å². The molecule has 0 spiro atoms. The van der Waals surface area contributed by atoms with Crippen molar-refractivity contribution in [2.24, 2.45) is 0 Å². The van der Waals surface area contributed by atoms with E-state index < -0.39 is 0 Å². The molecule has 0 radical (unpaired) electrons. The van der Waals surface area contributed by atoms with Crippen LogP contribution in [0.15, 0.2) is 53.9 Å². The van der Waals surface area contributed by atoms with Gasteiger partial charge in [0.25, 0.3) is 0 Å². The Kier molecular flexibility index (Phi) is 9.85. The van der Waals surface area contributed by atoms with Crippen LogP contribution in [-0.2, 0) is 0 Å². The quantitative estimate of drug-likeness (QED) is 0.245. The minimum Gasteiger partial charge on any atom is -0.493 e. The number of rotatable bonds is 13. The second-order valence-electron chi connectivity index (χ2n) is 7.79. The topological polar surface area (TPSA) is 25.4 Å². The molecule has 3 aromatic rings. The first-order chi connectivity index (χ1) is 15.2. The molecule has 2 aromatic carbocycles. The number of benzene rings is 2. The Balaban J connectivity index is 1.60. The first-order valence-corrected chi connectivity index (χ1v) is 12.6. The summed E-state index contributed by atoms with van der Waals surface area (Å²) in [6, 6.07) is 16.0. The van der Waals surface area contributed by atoms with Gasteiger partial charge >= 0.3 is 0 Å². The van der Waals surface area contributed by atoms with Crippen molar-refractivity contribution in [1.82, 2.24) is 9.88 Å². The van der Waals surface area contributed by atoms with E-state index in [1.54, 1.807) is 11.3 Å². The number of ether oxygens (including phenoxy) is 1. The molecule has 5 heteroatoms. The number of hydrogen-bond acceptors (Lipinski definition) is 4. The van der Waals surface area contributed by atoms with Crippen LogP contribution in [0, 0.1) is 0 Å². The Bertz CT molecular complexity index is 902. The minimum absolute atomic E-state index is 0.722. The first kappa shape index (κ1) is 23.8. The van der Waals surface area contributed by atoms with Gasteiger partial charge in [-0.2, -0.15) is 0 Å². The van der Waals surface area contributed by atoms with Crippen LogP contribution in [0.5, 0.6) is 5.75 Å². The van der Waals surface area contributed by atoms with Crippen molar-refractivity contribution in [2.45, 2.75) is 46.0 Å². The summed E-state index contributed by atoms with van der Waals surface area (Å²) in [4.78, 5) is 7.44. The van der Waals surface area contributed by atoms with Crippen LogP contribution < -0.4 is 4.74 Å². The largest absolute Gasteiger partial charge is 0.493 e. The van der Waals surface area contributed by atoms with E-state index in [1.165, 1.54) is 38.8 Å². The summed E-state index contributed by atoms with van der Waals surface area (Å²) in [5.41, 5.74) is 3.09. The third-order valence-corrected chi connectivity index (χ3v) is 6.43. The molecule has 0 fully saturated rings. The van der Waals surface area contributed by atoms with E-state index in [4.69, 9.17) is 21.3 Å². The Labute approximate surface area is 196 Å². The number of aromatic nitrogens is 1. The number of unbranched alkanes of at least 4 members (excludes halogenated alkanes) is 2. The second kappa shape index (κ2) is 12.8. The molecule has 31 heavy (non-hydrogen) atoms. The fraction of sp³-hybridized carbons (Fsp3) is 0.423. The average Bonchev–Trinajstić information content (AvgIpc) is 3.28. The van der Waals surface area contributed by atoms with Crippen LogP contribution in [-0.4, -0.2) is 36.1 Å². The van der Waals surface area contributed by atoms with Gasteiger partial charge < -0.3 is 9.64 Å². The van der Waals surface area contributed by atoms with Crippen LogP contribution in [0.1, 0.15) is 46.0 Å². The molecule has 0 atom stereocenters. The van der Waals surface area contributed by atoms with E-state index in [9.17, 15) is 0 Å². The number of halogens is 1. The lowest BCUT2D eigenvalue weighted by molar-refractivity contribution is 0.229.